The second-order valence-corrected chi connectivity index (χ2v) is 32.4. The largest absolute Gasteiger partial charge is 0.394 e. The zero-order valence-electron chi connectivity index (χ0n) is 64.2. The zero-order chi connectivity index (χ0) is 83.7. The molecule has 18 N–H and O–H groups in total. The van der Waals surface area contributed by atoms with E-state index in [2.05, 4.69) is 42.5 Å². The highest BCUT2D eigenvalue weighted by molar-refractivity contribution is 8.76. The fourth-order valence-electron chi connectivity index (χ4n) is 16.1. The van der Waals surface area contributed by atoms with Gasteiger partial charge >= 0.3 is 0 Å². The van der Waals surface area contributed by atoms with Crippen LogP contribution in [0.5, 0.6) is 0 Å². The Balaban J connectivity index is 0.836. The molecule has 0 aliphatic carbocycles. The number of likely N-dealkylation sites (tertiary alicyclic amines) is 8. The summed E-state index contributed by atoms with van der Waals surface area (Å²) in [6, 6.07) is -21.2. The molecule has 0 saturated carbocycles. The maximum Gasteiger partial charge on any atom is 0.248 e. The van der Waals surface area contributed by atoms with Gasteiger partial charge in [0.15, 0.2) is 0 Å². The number of carbonyl (C=O) groups excluding carboxylic acids is 18. The van der Waals surface area contributed by atoms with Gasteiger partial charge in [0.05, 0.1) is 38.6 Å². The van der Waals surface area contributed by atoms with Gasteiger partial charge in [-0.15, -0.1) is 0 Å². The monoisotopic (exact) mass is 1650 g/mol. The number of primary amides is 2. The van der Waals surface area contributed by atoms with Crippen molar-refractivity contribution >= 4 is 128 Å². The third-order valence-corrected chi connectivity index (χ3v) is 24.4. The first-order valence-corrected chi connectivity index (χ1v) is 41.1. The van der Waals surface area contributed by atoms with Gasteiger partial charge in [0.1, 0.15) is 96.7 Å². The van der Waals surface area contributed by atoms with Crippen LogP contribution in [0.1, 0.15) is 130 Å². The Kier molecular flexibility index (Phi) is 32.9. The molecular formula is C70H108N18O24S2. The summed E-state index contributed by atoms with van der Waals surface area (Å²) in [5, 5.41) is 81.6. The predicted molar refractivity (Wildman–Crippen MR) is 400 cm³/mol. The van der Waals surface area contributed by atoms with Gasteiger partial charge in [-0.05, 0) is 117 Å². The summed E-state index contributed by atoms with van der Waals surface area (Å²) in [6.07, 6.45) is 0.539. The smallest absolute Gasteiger partial charge is 0.248 e. The Bertz CT molecular complexity index is 3400. The second kappa shape index (κ2) is 41.5. The van der Waals surface area contributed by atoms with E-state index in [0.29, 0.717) is 38.5 Å². The number of rotatable bonds is 35. The fraction of sp³-hybridized carbons (Fsp3) is 0.743. The number of nitrogens with two attached hydrogens (primary N) is 2. The molecule has 42 nitrogen and oxygen atoms in total. The molecule has 44 heteroatoms. The van der Waals surface area contributed by atoms with Crippen LogP contribution in [0.3, 0.4) is 0 Å². The minimum Gasteiger partial charge on any atom is -0.394 e. The Morgan fingerprint density at radius 2 is 0.518 bits per heavy atom. The number of nitrogens with one attached hydrogen (secondary N) is 8. The highest BCUT2D eigenvalue weighted by Gasteiger charge is 2.50. The highest BCUT2D eigenvalue weighted by Crippen LogP contribution is 2.32. The summed E-state index contributed by atoms with van der Waals surface area (Å²) in [4.78, 5) is 256. The van der Waals surface area contributed by atoms with Crippen LogP contribution < -0.4 is 54.0 Å². The molecule has 634 valence electrons. The molecule has 0 spiro atoms. The van der Waals surface area contributed by atoms with Crippen molar-refractivity contribution in [2.45, 2.75) is 239 Å². The third kappa shape index (κ3) is 21.7. The van der Waals surface area contributed by atoms with Gasteiger partial charge < -0.3 is 124 Å². The number of amides is 18. The number of aliphatic hydroxyl groups excluding tert-OH is 6. The van der Waals surface area contributed by atoms with Crippen LogP contribution >= 0.6 is 21.6 Å². The molecule has 0 unspecified atom stereocenters. The first-order valence-electron chi connectivity index (χ1n) is 38.6. The van der Waals surface area contributed by atoms with E-state index < -0.39 is 242 Å². The van der Waals surface area contributed by atoms with Gasteiger partial charge in [-0.1, -0.05) is 21.6 Å². The number of hydrogen-bond donors (Lipinski definition) is 16. The van der Waals surface area contributed by atoms with E-state index in [1.165, 1.54) is 47.3 Å². The molecule has 8 aliphatic rings. The first-order chi connectivity index (χ1) is 54.2. The number of carbonyl (C=O) groups is 18. The lowest BCUT2D eigenvalue weighted by atomic mass is 10.1. The molecule has 8 rings (SSSR count). The normalized spacial score (nSPS) is 24.8. The van der Waals surface area contributed by atoms with E-state index in [-0.39, 0.29) is 128 Å². The van der Waals surface area contributed by atoms with Gasteiger partial charge in [-0.2, -0.15) is 0 Å². The second-order valence-electron chi connectivity index (χ2n) is 29.8. The van der Waals surface area contributed by atoms with Crippen LogP contribution in [-0.2, 0) is 86.3 Å². The van der Waals surface area contributed by atoms with Gasteiger partial charge in [-0.25, -0.2) is 0 Å². The summed E-state index contributed by atoms with van der Waals surface area (Å²) in [5.74, 6) is -14.3. The van der Waals surface area contributed by atoms with Crippen molar-refractivity contribution in [1.82, 2.24) is 81.7 Å². The average molecular weight is 1650 g/mol. The van der Waals surface area contributed by atoms with E-state index in [1.807, 2.05) is 0 Å². The van der Waals surface area contributed by atoms with Crippen LogP contribution in [-0.4, -0.2) is 375 Å². The van der Waals surface area contributed by atoms with Crippen molar-refractivity contribution in [2.24, 2.45) is 11.5 Å². The lowest BCUT2D eigenvalue weighted by molar-refractivity contribution is -0.149. The molecule has 8 heterocycles. The number of aliphatic hydroxyl groups is 6. The fourth-order valence-corrected chi connectivity index (χ4v) is 18.4. The lowest BCUT2D eigenvalue weighted by Crippen LogP contribution is -2.61. The van der Waals surface area contributed by atoms with Crippen molar-refractivity contribution in [3.8, 4) is 0 Å². The van der Waals surface area contributed by atoms with E-state index in [0.717, 1.165) is 41.2 Å². The van der Waals surface area contributed by atoms with E-state index >= 15 is 0 Å². The van der Waals surface area contributed by atoms with E-state index in [4.69, 9.17) is 11.5 Å². The summed E-state index contributed by atoms with van der Waals surface area (Å²) >= 11 is 0. The quantitative estimate of drug-likeness (QED) is 0.0207. The van der Waals surface area contributed by atoms with E-state index in [1.54, 1.807) is 0 Å². The summed E-state index contributed by atoms with van der Waals surface area (Å²) < 4.78 is 0. The van der Waals surface area contributed by atoms with Gasteiger partial charge in [0.2, 0.25) is 106 Å². The average Bonchev–Trinajstić information content (AvgIpc) is 1.64. The molecule has 8 fully saturated rings. The van der Waals surface area contributed by atoms with Crippen LogP contribution in [0.15, 0.2) is 0 Å². The van der Waals surface area contributed by atoms with Crippen molar-refractivity contribution in [3.63, 3.8) is 0 Å². The Hall–Kier alpha value is -9.08. The van der Waals surface area contributed by atoms with Crippen LogP contribution in [0.25, 0.3) is 0 Å². The van der Waals surface area contributed by atoms with Crippen LogP contribution in [0.4, 0.5) is 0 Å². The van der Waals surface area contributed by atoms with Crippen molar-refractivity contribution in [2.75, 3.05) is 90.3 Å². The zero-order valence-corrected chi connectivity index (χ0v) is 65.8. The van der Waals surface area contributed by atoms with Gasteiger partial charge in [-0.3, -0.25) is 86.3 Å². The summed E-state index contributed by atoms with van der Waals surface area (Å²) in [6.45, 7) is 1.76. The Labute approximate surface area is 664 Å². The molecule has 8 saturated heterocycles. The molecule has 0 bridgehead atoms. The molecule has 18 atom stereocenters. The topological polar surface area (TPSA) is 603 Å². The summed E-state index contributed by atoms with van der Waals surface area (Å²) in [5.41, 5.74) is 10.5. The van der Waals surface area contributed by atoms with Crippen molar-refractivity contribution in [3.05, 3.63) is 0 Å². The lowest BCUT2D eigenvalue weighted by Gasteiger charge is -2.34. The first kappa shape index (κ1) is 90.5. The van der Waals surface area contributed by atoms with Gasteiger partial charge in [0.25, 0.3) is 0 Å². The third-order valence-electron chi connectivity index (χ3n) is 21.9. The summed E-state index contributed by atoms with van der Waals surface area (Å²) in [7, 11) is 2.12. The van der Waals surface area contributed by atoms with Gasteiger partial charge in [0, 0.05) is 77.7 Å². The highest BCUT2D eigenvalue weighted by atomic mass is 33.1. The number of hydrogen-bond acceptors (Lipinski definition) is 26. The minimum atomic E-state index is -1.65. The van der Waals surface area contributed by atoms with Crippen LogP contribution in [0, 0.1) is 0 Å². The molecule has 0 aromatic carbocycles. The molecule has 8 aliphatic heterocycles. The van der Waals surface area contributed by atoms with E-state index in [9.17, 15) is 117 Å². The molecule has 114 heavy (non-hydrogen) atoms. The molecular weight excluding hydrogens is 1540 g/mol. The predicted octanol–water partition coefficient (Wildman–Crippen LogP) is -10.1. The van der Waals surface area contributed by atoms with Crippen molar-refractivity contribution in [1.29, 1.82) is 0 Å². The molecule has 0 radical (unpaired) electrons. The maximum atomic E-state index is 14.6. The SMILES string of the molecule is CC(=O)N[C@@H](CSSC[C@H](NC(C)=O)C(=O)N1CCC[C@H]1C(=O)N1CCC[C@H]1C(=O)N[C@H](C(=O)N1CCC[C@H]1C(=O)N[C@@H](CO)C(=O)N1CCC[C@H]1C(=O)N[C@@H](CO)C(N)=O)[C@H](C)O)C(=O)N1CCC[C@H]1C(=O)N1CCC[C@H]1C(=O)N[C@H](C(=O)N1CCC[C@H]1C(=O)N[C@@H](CO)C(=O)N1CCC[C@H]1C(=O)N[C@@H](CO)C(N)=O)[C@H](C)O. The molecule has 18 amide bonds. The number of nitrogens with zero attached hydrogens (tertiary/aromatic N) is 8. The van der Waals surface area contributed by atoms with Crippen LogP contribution in [0.2, 0.25) is 0 Å². The van der Waals surface area contributed by atoms with Crippen molar-refractivity contribution < 1.29 is 117 Å². The molecule has 0 aromatic heterocycles. The standard InChI is InChI=1S/C70H108N18O24S2/c1-35(93)53(69(111)85-25-9-15-47(85)59(101)77-41(31-91)63(105)81-21-5-13-45(81)57(99)75-39(29-89)55(71)97)79-61(103)49-17-7-23-83(49)67(109)51-19-11-27-87(51)65(107)43(73-37(3)95)33-113-114-34-44(74-38(4)96)66(108)88-28-12-20-52(88)68(110)84-24-8-18-50(84)62(104)80-54(36(2)94)70(112)86-26-10-16-48(86)60(102)78-42(32-92)64(106)82-22-6-14-46(82)58(100)76-40(30-90)56(72)98/h35-36,39-54,89-94H,5-34H2,1-4H3,(H2,71,97)(H2,72,98)(H,73,95)(H,74,96)(H,75,99)(H,76,100)(H,77,101)(H,78,102)(H,79,103)(H,80,104)/t35-,36-,39-,40-,41-,42-,43-,44-,45-,46-,47-,48-,49-,50-,51-,52-,53-,54-/m0/s1. The molecule has 0 aromatic rings. The maximum absolute atomic E-state index is 14.6. The Morgan fingerprint density at radius 3 is 0.763 bits per heavy atom. The Morgan fingerprint density at radius 1 is 0.307 bits per heavy atom. The minimum absolute atomic E-state index is 0.0186.